The summed E-state index contributed by atoms with van der Waals surface area (Å²) in [4.78, 5) is 24.4. The van der Waals surface area contributed by atoms with Gasteiger partial charge in [-0.15, -0.1) is 0 Å². The van der Waals surface area contributed by atoms with Crippen molar-refractivity contribution in [2.75, 3.05) is 31.6 Å². The Bertz CT molecular complexity index is 704. The Morgan fingerprint density at radius 2 is 2.17 bits per heavy atom. The monoisotopic (exact) mass is 330 g/mol. The lowest BCUT2D eigenvalue weighted by Crippen LogP contribution is -2.55. The molecule has 0 spiro atoms. The lowest BCUT2D eigenvalue weighted by molar-refractivity contribution is -0.000455. The smallest absolute Gasteiger partial charge is 0.274 e. The first-order valence-electron chi connectivity index (χ1n) is 7.96. The van der Waals surface area contributed by atoms with E-state index in [9.17, 15) is 9.90 Å². The van der Waals surface area contributed by atoms with E-state index >= 15 is 0 Å². The van der Waals surface area contributed by atoms with Crippen LogP contribution >= 0.6 is 0 Å². The minimum absolute atomic E-state index is 0.197. The second kappa shape index (κ2) is 6.56. The van der Waals surface area contributed by atoms with Crippen LogP contribution in [0.25, 0.3) is 0 Å². The minimum atomic E-state index is -0.989. The molecule has 2 aromatic heterocycles. The molecule has 0 bridgehead atoms. The molecule has 24 heavy (non-hydrogen) atoms. The van der Waals surface area contributed by atoms with Crippen LogP contribution in [0, 0.1) is 0 Å². The van der Waals surface area contributed by atoms with E-state index in [4.69, 9.17) is 0 Å². The van der Waals surface area contributed by atoms with E-state index in [2.05, 4.69) is 15.1 Å². The first-order valence-corrected chi connectivity index (χ1v) is 7.96. The molecular weight excluding hydrogens is 308 g/mol. The van der Waals surface area contributed by atoms with Crippen molar-refractivity contribution in [1.29, 1.82) is 0 Å². The van der Waals surface area contributed by atoms with Crippen LogP contribution in [0.2, 0.25) is 0 Å². The number of carbonyl (C=O) groups is 1. The molecular formula is C16H22N6O2. The van der Waals surface area contributed by atoms with Crippen molar-refractivity contribution in [3.05, 3.63) is 36.4 Å². The SMILES string of the molecule is CN(C[C@]1(O)CCCN(c2ncccn2)C1)C(=O)c1ccn(C)n1. The van der Waals surface area contributed by atoms with E-state index in [1.54, 1.807) is 49.5 Å². The summed E-state index contributed by atoms with van der Waals surface area (Å²) in [7, 11) is 3.45. The van der Waals surface area contributed by atoms with Gasteiger partial charge in [-0.3, -0.25) is 9.48 Å². The number of carbonyl (C=O) groups excluding carboxylic acids is 1. The number of likely N-dealkylation sites (N-methyl/N-ethyl adjacent to an activating group) is 1. The second-order valence-corrected chi connectivity index (χ2v) is 6.33. The number of rotatable bonds is 4. The average Bonchev–Trinajstić information content (AvgIpc) is 3.01. The zero-order valence-corrected chi connectivity index (χ0v) is 14.0. The zero-order valence-electron chi connectivity index (χ0n) is 14.0. The highest BCUT2D eigenvalue weighted by Crippen LogP contribution is 2.24. The summed E-state index contributed by atoms with van der Waals surface area (Å²) >= 11 is 0. The molecule has 8 nitrogen and oxygen atoms in total. The molecule has 8 heteroatoms. The van der Waals surface area contributed by atoms with Gasteiger partial charge in [0, 0.05) is 39.2 Å². The third-order valence-electron chi connectivity index (χ3n) is 4.20. The molecule has 0 radical (unpaired) electrons. The van der Waals surface area contributed by atoms with Crippen LogP contribution < -0.4 is 4.90 Å². The van der Waals surface area contributed by atoms with Gasteiger partial charge >= 0.3 is 0 Å². The topological polar surface area (TPSA) is 87.4 Å². The molecule has 0 unspecified atom stereocenters. The molecule has 3 rings (SSSR count). The van der Waals surface area contributed by atoms with Gasteiger partial charge in [-0.2, -0.15) is 5.10 Å². The maximum Gasteiger partial charge on any atom is 0.274 e. The Morgan fingerprint density at radius 3 is 2.83 bits per heavy atom. The van der Waals surface area contributed by atoms with Crippen molar-refractivity contribution >= 4 is 11.9 Å². The van der Waals surface area contributed by atoms with Crippen LogP contribution in [-0.2, 0) is 7.05 Å². The Hall–Kier alpha value is -2.48. The first kappa shape index (κ1) is 16.4. The predicted molar refractivity (Wildman–Crippen MR) is 88.6 cm³/mol. The number of β-amino-alcohol motifs (C(OH)–C–C–N with tert-alkyl or cyclic N) is 1. The number of nitrogens with zero attached hydrogens (tertiary/aromatic N) is 6. The Kier molecular flexibility index (Phi) is 4.48. The van der Waals surface area contributed by atoms with E-state index in [0.29, 0.717) is 24.6 Å². The summed E-state index contributed by atoms with van der Waals surface area (Å²) in [6.07, 6.45) is 6.56. The number of aromatic nitrogens is 4. The van der Waals surface area contributed by atoms with E-state index in [1.807, 2.05) is 4.90 Å². The van der Waals surface area contributed by atoms with Crippen LogP contribution in [0.1, 0.15) is 23.3 Å². The summed E-state index contributed by atoms with van der Waals surface area (Å²) in [5.41, 5.74) is -0.612. The van der Waals surface area contributed by atoms with Crippen molar-refractivity contribution in [2.24, 2.45) is 7.05 Å². The van der Waals surface area contributed by atoms with Gasteiger partial charge in [0.05, 0.1) is 18.7 Å². The number of piperidine rings is 1. The largest absolute Gasteiger partial charge is 0.386 e. The van der Waals surface area contributed by atoms with Gasteiger partial charge in [0.15, 0.2) is 0 Å². The number of hydrogen-bond acceptors (Lipinski definition) is 6. The highest BCUT2D eigenvalue weighted by Gasteiger charge is 2.36. The molecule has 1 saturated heterocycles. The van der Waals surface area contributed by atoms with Gasteiger partial charge < -0.3 is 14.9 Å². The van der Waals surface area contributed by atoms with Crippen LogP contribution in [-0.4, -0.2) is 67.9 Å². The molecule has 1 amide bonds. The van der Waals surface area contributed by atoms with E-state index in [1.165, 1.54) is 4.90 Å². The number of anilines is 1. The summed E-state index contributed by atoms with van der Waals surface area (Å²) in [6, 6.07) is 3.44. The Balaban J connectivity index is 1.67. The van der Waals surface area contributed by atoms with Crippen LogP contribution in [0.4, 0.5) is 5.95 Å². The summed E-state index contributed by atoms with van der Waals surface area (Å²) in [5.74, 6) is 0.409. The molecule has 128 valence electrons. The average molecular weight is 330 g/mol. The van der Waals surface area contributed by atoms with Gasteiger partial charge in [0.25, 0.3) is 5.91 Å². The Labute approximate surface area is 140 Å². The predicted octanol–water partition coefficient (Wildman–Crippen LogP) is 0.314. The minimum Gasteiger partial charge on any atom is -0.386 e. The highest BCUT2D eigenvalue weighted by molar-refractivity contribution is 5.92. The van der Waals surface area contributed by atoms with Crippen molar-refractivity contribution in [3.63, 3.8) is 0 Å². The fourth-order valence-electron chi connectivity index (χ4n) is 3.10. The molecule has 1 N–H and O–H groups in total. The lowest BCUT2D eigenvalue weighted by Gasteiger charge is -2.41. The summed E-state index contributed by atoms with van der Waals surface area (Å²) in [5, 5.41) is 15.1. The lowest BCUT2D eigenvalue weighted by atomic mass is 9.92. The van der Waals surface area contributed by atoms with Gasteiger partial charge in [-0.05, 0) is 25.0 Å². The zero-order chi connectivity index (χ0) is 17.2. The normalized spacial score (nSPS) is 20.9. The fourth-order valence-corrected chi connectivity index (χ4v) is 3.10. The molecule has 1 aliphatic rings. The Morgan fingerprint density at radius 1 is 1.42 bits per heavy atom. The quantitative estimate of drug-likeness (QED) is 0.868. The number of amides is 1. The molecule has 0 saturated carbocycles. The highest BCUT2D eigenvalue weighted by atomic mass is 16.3. The van der Waals surface area contributed by atoms with Crippen molar-refractivity contribution < 1.29 is 9.90 Å². The number of aryl methyl sites for hydroxylation is 1. The number of aliphatic hydroxyl groups is 1. The second-order valence-electron chi connectivity index (χ2n) is 6.33. The van der Waals surface area contributed by atoms with E-state index in [-0.39, 0.29) is 12.5 Å². The summed E-state index contributed by atoms with van der Waals surface area (Å²) in [6.45, 7) is 1.44. The van der Waals surface area contributed by atoms with Crippen LogP contribution in [0.3, 0.4) is 0 Å². The van der Waals surface area contributed by atoms with Crippen LogP contribution in [0.5, 0.6) is 0 Å². The maximum atomic E-state index is 12.4. The first-order chi connectivity index (χ1) is 11.5. The van der Waals surface area contributed by atoms with E-state index in [0.717, 1.165) is 13.0 Å². The van der Waals surface area contributed by atoms with Gasteiger partial charge in [0.2, 0.25) is 5.95 Å². The molecule has 0 aromatic carbocycles. The molecule has 1 atom stereocenters. The van der Waals surface area contributed by atoms with Crippen molar-refractivity contribution in [3.8, 4) is 0 Å². The standard InChI is InChI=1S/C16H22N6O2/c1-20(14(23)13-5-10-21(2)19-13)11-16(24)6-3-9-22(12-16)15-17-7-4-8-18-15/h4-5,7-8,10,24H,3,6,9,11-12H2,1-2H3/t16-/m1/s1. The summed E-state index contributed by atoms with van der Waals surface area (Å²) < 4.78 is 1.59. The fraction of sp³-hybridized carbons (Fsp3) is 0.500. The van der Waals surface area contributed by atoms with Gasteiger partial charge in [-0.25, -0.2) is 9.97 Å². The van der Waals surface area contributed by atoms with Crippen LogP contribution in [0.15, 0.2) is 30.7 Å². The molecule has 3 heterocycles. The molecule has 1 fully saturated rings. The third kappa shape index (κ3) is 3.53. The van der Waals surface area contributed by atoms with E-state index < -0.39 is 5.60 Å². The van der Waals surface area contributed by atoms with Gasteiger partial charge in [0.1, 0.15) is 5.69 Å². The number of hydrogen-bond donors (Lipinski definition) is 1. The maximum absolute atomic E-state index is 12.4. The van der Waals surface area contributed by atoms with Gasteiger partial charge in [-0.1, -0.05) is 0 Å². The molecule has 1 aliphatic heterocycles. The third-order valence-corrected chi connectivity index (χ3v) is 4.20. The van der Waals surface area contributed by atoms with Crippen molar-refractivity contribution in [2.45, 2.75) is 18.4 Å². The van der Waals surface area contributed by atoms with Crippen molar-refractivity contribution in [1.82, 2.24) is 24.6 Å². The molecule has 0 aliphatic carbocycles. The molecule has 2 aromatic rings.